The lowest BCUT2D eigenvalue weighted by molar-refractivity contribution is 0.0925. The summed E-state index contributed by atoms with van der Waals surface area (Å²) < 4.78 is 0. The largest absolute Gasteiger partial charge is 0.395 e. The molecule has 1 aromatic rings. The van der Waals surface area contributed by atoms with Crippen molar-refractivity contribution in [3.8, 4) is 12.3 Å². The zero-order chi connectivity index (χ0) is 13.2. The zero-order valence-electron chi connectivity index (χ0n) is 10.6. The van der Waals surface area contributed by atoms with Crippen LogP contribution in [0.3, 0.4) is 0 Å². The van der Waals surface area contributed by atoms with Gasteiger partial charge in [-0.05, 0) is 19.8 Å². The van der Waals surface area contributed by atoms with Gasteiger partial charge in [0.1, 0.15) is 0 Å². The summed E-state index contributed by atoms with van der Waals surface area (Å²) in [6.07, 6.45) is 5.30. The predicted molar refractivity (Wildman–Crippen MR) is 67.5 cm³/mol. The number of amides is 1. The minimum atomic E-state index is -0.722. The normalized spacial score (nSPS) is 11.3. The number of hydrogen-bond acceptors (Lipinski definition) is 3. The minimum Gasteiger partial charge on any atom is -0.395 e. The molecular weight excluding hydrogens is 216 g/mol. The molecule has 0 bridgehead atoms. The average Bonchev–Trinajstić information content (AvgIpc) is 2.59. The number of H-pyrrole nitrogens is 1. The van der Waals surface area contributed by atoms with Crippen molar-refractivity contribution in [1.82, 2.24) is 15.5 Å². The molecule has 17 heavy (non-hydrogen) atoms. The number of nitrogens with one attached hydrogen (secondary N) is 2. The van der Waals surface area contributed by atoms with E-state index in [0.717, 1.165) is 5.69 Å². The van der Waals surface area contributed by atoms with Crippen LogP contribution in [-0.2, 0) is 0 Å². The molecule has 0 aromatic carbocycles. The second-order valence-corrected chi connectivity index (χ2v) is 4.78. The highest BCUT2D eigenvalue weighted by Gasteiger charge is 2.23. The number of carbonyl (C=O) groups excluding carboxylic acids is 1. The summed E-state index contributed by atoms with van der Waals surface area (Å²) in [4.78, 5) is 11.9. The first kappa shape index (κ1) is 13.1. The fourth-order valence-electron chi connectivity index (χ4n) is 1.36. The van der Waals surface area contributed by atoms with Crippen LogP contribution in [0.5, 0.6) is 0 Å². The second-order valence-electron chi connectivity index (χ2n) is 4.78. The van der Waals surface area contributed by atoms with E-state index in [0.29, 0.717) is 5.69 Å². The molecule has 0 aliphatic rings. The van der Waals surface area contributed by atoms with Crippen LogP contribution in [0.1, 0.15) is 49.8 Å². The van der Waals surface area contributed by atoms with Crippen LogP contribution in [0.25, 0.3) is 0 Å². The lowest BCUT2D eigenvalue weighted by Gasteiger charge is -2.18. The van der Waals surface area contributed by atoms with Gasteiger partial charge in [-0.1, -0.05) is 19.8 Å². The van der Waals surface area contributed by atoms with Crippen LogP contribution >= 0.6 is 0 Å². The highest BCUT2D eigenvalue weighted by atomic mass is 16.2. The summed E-state index contributed by atoms with van der Waals surface area (Å²) >= 11 is 0. The third-order valence-corrected chi connectivity index (χ3v) is 2.41. The summed E-state index contributed by atoms with van der Waals surface area (Å²) in [5, 5.41) is 9.37. The maximum absolute atomic E-state index is 11.9. The fraction of sp³-hybridized carbons (Fsp3) is 0.500. The van der Waals surface area contributed by atoms with E-state index in [2.05, 4.69) is 21.4 Å². The van der Waals surface area contributed by atoms with Crippen molar-refractivity contribution in [2.75, 3.05) is 5.73 Å². The van der Waals surface area contributed by atoms with Gasteiger partial charge in [-0.2, -0.15) is 5.10 Å². The van der Waals surface area contributed by atoms with Gasteiger partial charge < -0.3 is 11.1 Å². The fourth-order valence-corrected chi connectivity index (χ4v) is 1.36. The van der Waals surface area contributed by atoms with Gasteiger partial charge in [-0.25, -0.2) is 0 Å². The molecule has 0 saturated heterocycles. The Bertz CT molecular complexity index is 465. The number of nitrogens with zero attached hydrogens (tertiary/aromatic N) is 1. The Morgan fingerprint density at radius 3 is 2.59 bits per heavy atom. The molecule has 1 aromatic heterocycles. The molecule has 1 heterocycles. The monoisotopic (exact) mass is 234 g/mol. The molecule has 92 valence electrons. The first-order chi connectivity index (χ1) is 7.78. The van der Waals surface area contributed by atoms with Crippen LogP contribution in [0, 0.1) is 12.3 Å². The SMILES string of the molecule is C#CC(C)(C)NC(=O)c1n[nH]c(C(C)C)c1N. The maximum Gasteiger partial charge on any atom is 0.275 e. The van der Waals surface area contributed by atoms with E-state index in [9.17, 15) is 4.79 Å². The summed E-state index contributed by atoms with van der Waals surface area (Å²) in [5.74, 6) is 2.30. The van der Waals surface area contributed by atoms with E-state index >= 15 is 0 Å². The van der Waals surface area contributed by atoms with Crippen molar-refractivity contribution in [2.24, 2.45) is 0 Å². The topological polar surface area (TPSA) is 83.8 Å². The quantitative estimate of drug-likeness (QED) is 0.688. The molecule has 1 rings (SSSR count). The van der Waals surface area contributed by atoms with E-state index in [1.54, 1.807) is 13.8 Å². The number of hydrogen-bond donors (Lipinski definition) is 3. The Morgan fingerprint density at radius 1 is 1.59 bits per heavy atom. The first-order valence-electron chi connectivity index (χ1n) is 5.42. The van der Waals surface area contributed by atoms with Crippen molar-refractivity contribution >= 4 is 11.6 Å². The third-order valence-electron chi connectivity index (χ3n) is 2.41. The third kappa shape index (κ3) is 2.78. The number of aromatic nitrogens is 2. The van der Waals surface area contributed by atoms with Gasteiger partial charge in [0, 0.05) is 0 Å². The highest BCUT2D eigenvalue weighted by Crippen LogP contribution is 2.22. The number of rotatable bonds is 3. The number of nitrogen functional groups attached to an aromatic ring is 1. The summed E-state index contributed by atoms with van der Waals surface area (Å²) in [5.41, 5.74) is 6.47. The highest BCUT2D eigenvalue weighted by molar-refractivity contribution is 5.98. The first-order valence-corrected chi connectivity index (χ1v) is 5.42. The van der Waals surface area contributed by atoms with Crippen LogP contribution in [0.15, 0.2) is 0 Å². The molecule has 5 heteroatoms. The Balaban J connectivity index is 2.96. The molecule has 0 unspecified atom stereocenters. The number of carbonyl (C=O) groups is 1. The van der Waals surface area contributed by atoms with Gasteiger partial charge in [0.25, 0.3) is 5.91 Å². The van der Waals surface area contributed by atoms with Crippen molar-refractivity contribution < 1.29 is 4.79 Å². The number of anilines is 1. The molecule has 4 N–H and O–H groups in total. The van der Waals surface area contributed by atoms with E-state index in [4.69, 9.17) is 12.2 Å². The van der Waals surface area contributed by atoms with Gasteiger partial charge in [0.2, 0.25) is 0 Å². The van der Waals surface area contributed by atoms with Gasteiger partial charge >= 0.3 is 0 Å². The average molecular weight is 234 g/mol. The number of terminal acetylenes is 1. The van der Waals surface area contributed by atoms with Gasteiger partial charge in [-0.3, -0.25) is 9.89 Å². The van der Waals surface area contributed by atoms with Crippen LogP contribution in [0.4, 0.5) is 5.69 Å². The lowest BCUT2D eigenvalue weighted by atomic mass is 10.1. The molecule has 1 amide bonds. The van der Waals surface area contributed by atoms with Gasteiger partial charge in [-0.15, -0.1) is 6.42 Å². The van der Waals surface area contributed by atoms with Gasteiger partial charge in [0.15, 0.2) is 5.69 Å². The smallest absolute Gasteiger partial charge is 0.275 e. The summed E-state index contributed by atoms with van der Waals surface area (Å²) in [6, 6.07) is 0. The molecular formula is C12H18N4O. The summed E-state index contributed by atoms with van der Waals surface area (Å²) in [6.45, 7) is 7.40. The molecule has 0 radical (unpaired) electrons. The number of nitrogens with two attached hydrogens (primary N) is 1. The van der Waals surface area contributed by atoms with E-state index in [1.165, 1.54) is 0 Å². The number of aromatic amines is 1. The Kier molecular flexibility index (Phi) is 3.47. The lowest BCUT2D eigenvalue weighted by Crippen LogP contribution is -2.42. The van der Waals surface area contributed by atoms with Crippen LogP contribution in [0.2, 0.25) is 0 Å². The predicted octanol–water partition coefficient (Wildman–Crippen LogP) is 1.26. The zero-order valence-corrected chi connectivity index (χ0v) is 10.6. The van der Waals surface area contributed by atoms with Crippen molar-refractivity contribution in [3.63, 3.8) is 0 Å². The maximum atomic E-state index is 11.9. The second kappa shape index (κ2) is 4.50. The van der Waals surface area contributed by atoms with Gasteiger partial charge in [0.05, 0.1) is 16.9 Å². The summed E-state index contributed by atoms with van der Waals surface area (Å²) in [7, 11) is 0. The molecule has 0 aliphatic heterocycles. The molecule has 0 aliphatic carbocycles. The van der Waals surface area contributed by atoms with E-state index in [1.807, 2.05) is 13.8 Å². The molecule has 0 saturated carbocycles. The van der Waals surface area contributed by atoms with E-state index in [-0.39, 0.29) is 17.5 Å². The molecule has 0 atom stereocenters. The van der Waals surface area contributed by atoms with Crippen LogP contribution in [-0.4, -0.2) is 21.6 Å². The van der Waals surface area contributed by atoms with Crippen molar-refractivity contribution in [1.29, 1.82) is 0 Å². The molecule has 0 spiro atoms. The van der Waals surface area contributed by atoms with Crippen molar-refractivity contribution in [2.45, 2.75) is 39.2 Å². The minimum absolute atomic E-state index is 0.185. The Labute approximate surface area is 101 Å². The van der Waals surface area contributed by atoms with Crippen molar-refractivity contribution in [3.05, 3.63) is 11.4 Å². The molecule has 5 nitrogen and oxygen atoms in total. The molecule has 0 fully saturated rings. The Hall–Kier alpha value is -1.96. The van der Waals surface area contributed by atoms with Crippen LogP contribution < -0.4 is 11.1 Å². The Morgan fingerprint density at radius 2 is 2.18 bits per heavy atom. The van der Waals surface area contributed by atoms with E-state index < -0.39 is 5.54 Å². The standard InChI is InChI=1S/C12H18N4O/c1-6-12(4,5)14-11(17)10-8(13)9(7(2)3)15-16-10/h1,7H,13H2,2-5H3,(H,14,17)(H,15,16).